The Morgan fingerprint density at radius 3 is 2.65 bits per heavy atom. The summed E-state index contributed by atoms with van der Waals surface area (Å²) in [5.74, 6) is 0.0205. The van der Waals surface area contributed by atoms with E-state index < -0.39 is 0 Å². The summed E-state index contributed by atoms with van der Waals surface area (Å²) in [5.41, 5.74) is 3.27. The van der Waals surface area contributed by atoms with E-state index in [4.69, 9.17) is 0 Å². The first-order valence-corrected chi connectivity index (χ1v) is 6.98. The number of amides is 1. The molecular weight excluding hydrogens is 256 g/mol. The molecule has 2 rings (SSSR count). The molecule has 0 bridgehead atoms. The number of aryl methyl sites for hydroxylation is 2. The summed E-state index contributed by atoms with van der Waals surface area (Å²) >= 11 is 0. The zero-order valence-electron chi connectivity index (χ0n) is 12.7. The van der Waals surface area contributed by atoms with Crippen LogP contribution in [-0.2, 0) is 11.3 Å². The molecule has 1 saturated heterocycles. The van der Waals surface area contributed by atoms with Gasteiger partial charge in [0.1, 0.15) is 0 Å². The van der Waals surface area contributed by atoms with Crippen molar-refractivity contribution < 1.29 is 9.90 Å². The summed E-state index contributed by atoms with van der Waals surface area (Å²) in [6.45, 7) is 6.29. The Hall–Kier alpha value is -1.40. The van der Waals surface area contributed by atoms with Crippen LogP contribution < -0.4 is 0 Å². The molecule has 1 aromatic rings. The largest absolute Gasteiger partial charge is 0.396 e. The number of rotatable bonds is 4. The van der Waals surface area contributed by atoms with Crippen molar-refractivity contribution in [1.82, 2.24) is 20.0 Å². The van der Waals surface area contributed by atoms with Gasteiger partial charge >= 0.3 is 0 Å². The summed E-state index contributed by atoms with van der Waals surface area (Å²) < 4.78 is 0. The van der Waals surface area contributed by atoms with Gasteiger partial charge in [0.25, 0.3) is 0 Å². The second-order valence-electron chi connectivity index (χ2n) is 5.89. The van der Waals surface area contributed by atoms with E-state index in [-0.39, 0.29) is 24.3 Å². The number of likely N-dealkylation sites (tertiary alicyclic amines) is 1. The molecule has 0 unspecified atom stereocenters. The average molecular weight is 280 g/mol. The van der Waals surface area contributed by atoms with E-state index >= 15 is 0 Å². The van der Waals surface area contributed by atoms with Crippen LogP contribution in [0.5, 0.6) is 0 Å². The molecule has 2 heterocycles. The molecule has 6 nitrogen and oxygen atoms in total. The molecule has 1 aliphatic rings. The lowest BCUT2D eigenvalue weighted by molar-refractivity contribution is -0.134. The van der Waals surface area contributed by atoms with Crippen LogP contribution in [0.3, 0.4) is 0 Å². The van der Waals surface area contributed by atoms with Gasteiger partial charge < -0.3 is 10.0 Å². The molecule has 0 saturated carbocycles. The highest BCUT2D eigenvalue weighted by Gasteiger charge is 2.38. The predicted octanol–water partition coefficient (Wildman–Crippen LogP) is 0.155. The second kappa shape index (κ2) is 5.93. The van der Waals surface area contributed by atoms with Crippen LogP contribution in [0.1, 0.15) is 17.0 Å². The number of aromatic amines is 1. The number of hydrogen-bond donors (Lipinski definition) is 2. The molecule has 2 atom stereocenters. The van der Waals surface area contributed by atoms with E-state index in [1.165, 1.54) is 5.56 Å². The molecule has 1 amide bonds. The van der Waals surface area contributed by atoms with Gasteiger partial charge in [-0.25, -0.2) is 0 Å². The van der Waals surface area contributed by atoms with Crippen LogP contribution in [0.15, 0.2) is 0 Å². The molecule has 0 aliphatic carbocycles. The van der Waals surface area contributed by atoms with E-state index in [0.29, 0.717) is 6.54 Å². The SMILES string of the molecule is Cc1n[nH]c(C)c1CN1C[C@@H](CO)[C@H](C(=O)N(C)C)C1. The van der Waals surface area contributed by atoms with Gasteiger partial charge in [0.2, 0.25) is 5.91 Å². The van der Waals surface area contributed by atoms with Gasteiger partial charge in [-0.1, -0.05) is 0 Å². The van der Waals surface area contributed by atoms with E-state index in [1.54, 1.807) is 19.0 Å². The summed E-state index contributed by atoms with van der Waals surface area (Å²) in [6.07, 6.45) is 0. The Morgan fingerprint density at radius 2 is 2.15 bits per heavy atom. The number of aliphatic hydroxyl groups excluding tert-OH is 1. The highest BCUT2D eigenvalue weighted by molar-refractivity contribution is 5.79. The maximum Gasteiger partial charge on any atom is 0.226 e. The van der Waals surface area contributed by atoms with Crippen LogP contribution in [0, 0.1) is 25.7 Å². The lowest BCUT2D eigenvalue weighted by Crippen LogP contribution is -2.35. The minimum Gasteiger partial charge on any atom is -0.396 e. The van der Waals surface area contributed by atoms with E-state index in [1.807, 2.05) is 13.8 Å². The van der Waals surface area contributed by atoms with Crippen molar-refractivity contribution in [3.05, 3.63) is 17.0 Å². The minimum absolute atomic E-state index is 0.0254. The third-order valence-electron chi connectivity index (χ3n) is 4.17. The van der Waals surface area contributed by atoms with E-state index in [9.17, 15) is 9.90 Å². The van der Waals surface area contributed by atoms with Crippen LogP contribution in [-0.4, -0.2) is 64.8 Å². The van der Waals surface area contributed by atoms with Crippen molar-refractivity contribution in [2.24, 2.45) is 11.8 Å². The highest BCUT2D eigenvalue weighted by atomic mass is 16.3. The molecule has 1 fully saturated rings. The highest BCUT2D eigenvalue weighted by Crippen LogP contribution is 2.27. The number of carbonyl (C=O) groups excluding carboxylic acids is 1. The normalized spacial score (nSPS) is 23.2. The Labute approximate surface area is 119 Å². The molecule has 0 aromatic carbocycles. The maximum atomic E-state index is 12.2. The number of H-pyrrole nitrogens is 1. The molecule has 1 aliphatic heterocycles. The number of aromatic nitrogens is 2. The van der Waals surface area contributed by atoms with Crippen molar-refractivity contribution >= 4 is 5.91 Å². The molecule has 112 valence electrons. The summed E-state index contributed by atoms with van der Waals surface area (Å²) in [6, 6.07) is 0. The van der Waals surface area contributed by atoms with Crippen molar-refractivity contribution in [2.45, 2.75) is 20.4 Å². The fraction of sp³-hybridized carbons (Fsp3) is 0.714. The third kappa shape index (κ3) is 2.86. The van der Waals surface area contributed by atoms with Gasteiger partial charge in [0, 0.05) is 57.5 Å². The summed E-state index contributed by atoms with van der Waals surface area (Å²) in [4.78, 5) is 16.0. The quantitative estimate of drug-likeness (QED) is 0.824. The van der Waals surface area contributed by atoms with Gasteiger partial charge in [-0.05, 0) is 13.8 Å². The zero-order valence-corrected chi connectivity index (χ0v) is 12.7. The lowest BCUT2D eigenvalue weighted by Gasteiger charge is -2.20. The molecule has 0 radical (unpaired) electrons. The average Bonchev–Trinajstić information content (AvgIpc) is 2.96. The Morgan fingerprint density at radius 1 is 1.45 bits per heavy atom. The van der Waals surface area contributed by atoms with Gasteiger partial charge in [0.05, 0.1) is 11.6 Å². The molecule has 0 spiro atoms. The minimum atomic E-state index is -0.109. The van der Waals surface area contributed by atoms with Gasteiger partial charge in [0.15, 0.2) is 0 Å². The molecule has 1 aromatic heterocycles. The van der Waals surface area contributed by atoms with Crippen molar-refractivity contribution in [3.8, 4) is 0 Å². The van der Waals surface area contributed by atoms with Crippen LogP contribution in [0.2, 0.25) is 0 Å². The number of hydrogen-bond acceptors (Lipinski definition) is 4. The summed E-state index contributed by atoms with van der Waals surface area (Å²) in [5, 5.41) is 16.7. The Bertz CT molecular complexity index is 464. The molecule has 6 heteroatoms. The molecular formula is C14H24N4O2. The van der Waals surface area contributed by atoms with Crippen LogP contribution in [0.25, 0.3) is 0 Å². The van der Waals surface area contributed by atoms with Gasteiger partial charge in [-0.2, -0.15) is 5.10 Å². The Balaban J connectivity index is 2.07. The third-order valence-corrected chi connectivity index (χ3v) is 4.17. The Kier molecular flexibility index (Phi) is 4.45. The fourth-order valence-corrected chi connectivity index (χ4v) is 2.92. The van der Waals surface area contributed by atoms with Crippen molar-refractivity contribution in [3.63, 3.8) is 0 Å². The molecule has 20 heavy (non-hydrogen) atoms. The van der Waals surface area contributed by atoms with E-state index in [0.717, 1.165) is 24.5 Å². The fourth-order valence-electron chi connectivity index (χ4n) is 2.92. The lowest BCUT2D eigenvalue weighted by atomic mass is 9.96. The van der Waals surface area contributed by atoms with Gasteiger partial charge in [-0.15, -0.1) is 0 Å². The predicted molar refractivity (Wildman–Crippen MR) is 76.1 cm³/mol. The number of carbonyl (C=O) groups is 1. The smallest absolute Gasteiger partial charge is 0.226 e. The van der Waals surface area contributed by atoms with Crippen molar-refractivity contribution in [2.75, 3.05) is 33.8 Å². The summed E-state index contributed by atoms with van der Waals surface area (Å²) in [7, 11) is 3.54. The number of nitrogens with zero attached hydrogens (tertiary/aromatic N) is 3. The standard InChI is InChI=1S/C14H24N4O2/c1-9-12(10(2)16-15-9)6-18-5-11(8-19)13(7-18)14(20)17(3)4/h11,13,19H,5-8H2,1-4H3,(H,15,16)/t11-,13+/m0/s1. The monoisotopic (exact) mass is 280 g/mol. The number of aliphatic hydroxyl groups is 1. The van der Waals surface area contributed by atoms with Crippen LogP contribution in [0.4, 0.5) is 0 Å². The maximum absolute atomic E-state index is 12.2. The first-order chi connectivity index (χ1) is 9.43. The van der Waals surface area contributed by atoms with Gasteiger partial charge in [-0.3, -0.25) is 14.8 Å². The van der Waals surface area contributed by atoms with Crippen molar-refractivity contribution in [1.29, 1.82) is 0 Å². The van der Waals surface area contributed by atoms with Crippen LogP contribution >= 0.6 is 0 Å². The van der Waals surface area contributed by atoms with E-state index in [2.05, 4.69) is 15.1 Å². The second-order valence-corrected chi connectivity index (χ2v) is 5.89. The first kappa shape index (κ1) is 15.0. The zero-order chi connectivity index (χ0) is 14.9. The first-order valence-electron chi connectivity index (χ1n) is 6.98. The molecule has 2 N–H and O–H groups in total. The topological polar surface area (TPSA) is 72.5 Å². The number of nitrogens with one attached hydrogen (secondary N) is 1.